The second kappa shape index (κ2) is 6.41. The van der Waals surface area contributed by atoms with Gasteiger partial charge in [0.2, 0.25) is 0 Å². The summed E-state index contributed by atoms with van der Waals surface area (Å²) in [6, 6.07) is 0.240. The monoisotopic (exact) mass is 346 g/mol. The normalized spacial score (nSPS) is 21.8. The van der Waals surface area contributed by atoms with Crippen molar-refractivity contribution in [1.82, 2.24) is 19.8 Å². The van der Waals surface area contributed by atoms with Crippen molar-refractivity contribution in [2.75, 3.05) is 40.8 Å². The van der Waals surface area contributed by atoms with Gasteiger partial charge in [-0.1, -0.05) is 12.2 Å². The van der Waals surface area contributed by atoms with E-state index >= 15 is 0 Å². The molecule has 0 spiro atoms. The lowest BCUT2D eigenvalue weighted by Crippen LogP contribution is -2.45. The van der Waals surface area contributed by atoms with Gasteiger partial charge in [0.1, 0.15) is 10.5 Å². The topological polar surface area (TPSA) is 44.4 Å². The van der Waals surface area contributed by atoms with Gasteiger partial charge in [-0.2, -0.15) is 0 Å². The molecule has 2 heterocycles. The van der Waals surface area contributed by atoms with Gasteiger partial charge in [0, 0.05) is 26.7 Å². The van der Waals surface area contributed by atoms with E-state index in [0.29, 0.717) is 11.2 Å². The van der Waals surface area contributed by atoms with Crippen LogP contribution in [-0.4, -0.2) is 60.6 Å². The summed E-state index contributed by atoms with van der Waals surface area (Å²) in [6.07, 6.45) is 0. The average molecular weight is 347 g/mol. The highest BCUT2D eigenvalue weighted by Crippen LogP contribution is 2.24. The fourth-order valence-corrected chi connectivity index (χ4v) is 2.76. The zero-order valence-electron chi connectivity index (χ0n) is 11.4. The predicted octanol–water partition coefficient (Wildman–Crippen LogP) is 1.97. The minimum absolute atomic E-state index is 0.240. The van der Waals surface area contributed by atoms with Crippen LogP contribution in [-0.2, 0) is 11.3 Å². The van der Waals surface area contributed by atoms with Crippen LogP contribution in [0.5, 0.6) is 0 Å². The molecular formula is C12H19BrN4OS. The Kier molecular flexibility index (Phi) is 5.08. The van der Waals surface area contributed by atoms with Crippen LogP contribution in [0, 0.1) is 4.64 Å². The first-order valence-corrected chi connectivity index (χ1v) is 7.39. The molecule has 7 heteroatoms. The number of rotatable bonds is 3. The van der Waals surface area contributed by atoms with Crippen molar-refractivity contribution >= 4 is 28.1 Å². The Morgan fingerprint density at radius 3 is 2.89 bits per heavy atom. The highest BCUT2D eigenvalue weighted by atomic mass is 79.9. The largest absolute Gasteiger partial charge is 0.378 e. The summed E-state index contributed by atoms with van der Waals surface area (Å²) in [4.78, 5) is 12.5. The van der Waals surface area contributed by atoms with Crippen molar-refractivity contribution in [3.8, 4) is 0 Å². The zero-order chi connectivity index (χ0) is 14.0. The van der Waals surface area contributed by atoms with Crippen LogP contribution in [0.15, 0.2) is 4.47 Å². The molecule has 1 unspecified atom stereocenters. The van der Waals surface area contributed by atoms with E-state index in [1.54, 1.807) is 7.11 Å². The van der Waals surface area contributed by atoms with E-state index in [0.717, 1.165) is 35.6 Å². The molecule has 0 saturated carbocycles. The summed E-state index contributed by atoms with van der Waals surface area (Å²) >= 11 is 8.78. The quantitative estimate of drug-likeness (QED) is 0.847. The predicted molar refractivity (Wildman–Crippen MR) is 80.7 cm³/mol. The Hall–Kier alpha value is -0.340. The van der Waals surface area contributed by atoms with E-state index in [1.807, 2.05) is 0 Å². The Morgan fingerprint density at radius 1 is 1.47 bits per heavy atom. The number of hydrogen-bond donors (Lipinski definition) is 1. The highest BCUT2D eigenvalue weighted by Gasteiger charge is 2.26. The maximum absolute atomic E-state index is 5.31. The number of aromatic amines is 1. The molecule has 1 aromatic heterocycles. The van der Waals surface area contributed by atoms with Gasteiger partial charge in [-0.3, -0.25) is 4.90 Å². The number of H-pyrrole nitrogens is 1. The van der Waals surface area contributed by atoms with Gasteiger partial charge < -0.3 is 14.6 Å². The van der Waals surface area contributed by atoms with E-state index in [9.17, 15) is 0 Å². The number of piperazine rings is 1. The van der Waals surface area contributed by atoms with E-state index in [1.165, 1.54) is 0 Å². The summed E-state index contributed by atoms with van der Waals surface area (Å²) in [7, 11) is 5.92. The van der Waals surface area contributed by atoms with Crippen molar-refractivity contribution in [2.45, 2.75) is 12.6 Å². The average Bonchev–Trinajstić information content (AvgIpc) is 2.38. The number of nitrogens with zero attached hydrogens (tertiary/aromatic N) is 3. The molecule has 106 valence electrons. The van der Waals surface area contributed by atoms with Gasteiger partial charge in [0.05, 0.1) is 22.8 Å². The smallest absolute Gasteiger partial charge is 0.144 e. The summed E-state index contributed by atoms with van der Waals surface area (Å²) in [5, 5.41) is 0. The molecule has 1 fully saturated rings. The molecule has 1 atom stereocenters. The molecule has 0 radical (unpaired) electrons. The molecule has 2 rings (SSSR count). The maximum Gasteiger partial charge on any atom is 0.144 e. The van der Waals surface area contributed by atoms with Gasteiger partial charge in [-0.05, 0) is 30.0 Å². The molecular weight excluding hydrogens is 328 g/mol. The van der Waals surface area contributed by atoms with Gasteiger partial charge in [-0.25, -0.2) is 4.98 Å². The first-order chi connectivity index (χ1) is 9.02. The summed E-state index contributed by atoms with van der Waals surface area (Å²) < 4.78 is 6.60. The van der Waals surface area contributed by atoms with Crippen LogP contribution in [0.2, 0.25) is 0 Å². The minimum Gasteiger partial charge on any atom is -0.378 e. The molecule has 1 aliphatic heterocycles. The van der Waals surface area contributed by atoms with Crippen LogP contribution in [0.4, 0.5) is 0 Å². The minimum atomic E-state index is 0.240. The first kappa shape index (κ1) is 15.1. The number of nitrogens with one attached hydrogen (secondary N) is 1. The van der Waals surface area contributed by atoms with Crippen molar-refractivity contribution in [3.05, 3.63) is 20.6 Å². The third kappa shape index (κ3) is 3.41. The molecule has 0 amide bonds. The van der Waals surface area contributed by atoms with Crippen LogP contribution < -0.4 is 0 Å². The summed E-state index contributed by atoms with van der Waals surface area (Å²) in [5.41, 5.74) is 0.944. The molecule has 0 aliphatic carbocycles. The third-order valence-corrected chi connectivity index (χ3v) is 4.82. The number of hydrogen-bond acceptors (Lipinski definition) is 5. The zero-order valence-corrected chi connectivity index (χ0v) is 13.8. The molecule has 0 aromatic carbocycles. The van der Waals surface area contributed by atoms with Crippen LogP contribution in [0.3, 0.4) is 0 Å². The molecule has 1 aliphatic rings. The van der Waals surface area contributed by atoms with Crippen molar-refractivity contribution < 1.29 is 4.74 Å². The molecule has 5 nitrogen and oxygen atoms in total. The van der Waals surface area contributed by atoms with Crippen LogP contribution >= 0.6 is 28.1 Å². The van der Waals surface area contributed by atoms with Crippen LogP contribution in [0.25, 0.3) is 0 Å². The van der Waals surface area contributed by atoms with Gasteiger partial charge in [0.25, 0.3) is 0 Å². The lowest BCUT2D eigenvalue weighted by molar-refractivity contribution is 0.108. The summed E-state index contributed by atoms with van der Waals surface area (Å²) in [6.45, 7) is 3.54. The standard InChI is InChI=1S/C12H19BrN4OS/c1-16-4-5-17(2)9(6-16)11-14-8(7-18-3)10(13)12(19)15-11/h9H,4-7H2,1-3H3,(H,14,15,19). The molecule has 1 aromatic rings. The first-order valence-electron chi connectivity index (χ1n) is 6.19. The van der Waals surface area contributed by atoms with Crippen LogP contribution in [0.1, 0.15) is 17.6 Å². The van der Waals surface area contributed by atoms with E-state index < -0.39 is 0 Å². The molecule has 19 heavy (non-hydrogen) atoms. The number of halogens is 1. The Labute approximate surface area is 127 Å². The Morgan fingerprint density at radius 2 is 2.21 bits per heavy atom. The highest BCUT2D eigenvalue weighted by molar-refractivity contribution is 9.10. The molecule has 0 bridgehead atoms. The van der Waals surface area contributed by atoms with Gasteiger partial charge >= 0.3 is 0 Å². The Bertz CT molecular complexity index is 507. The third-order valence-electron chi connectivity index (χ3n) is 3.41. The SMILES string of the molecule is COCc1[nH]c(C2CN(C)CCN2C)nc(=S)c1Br. The van der Waals surface area contributed by atoms with Gasteiger partial charge in [0.15, 0.2) is 0 Å². The second-order valence-corrected chi connectivity index (χ2v) is 6.09. The fraction of sp³-hybridized carbons (Fsp3) is 0.667. The maximum atomic E-state index is 5.31. The molecule has 1 N–H and O–H groups in total. The van der Waals surface area contributed by atoms with Crippen molar-refractivity contribution in [3.63, 3.8) is 0 Å². The number of methoxy groups -OCH3 is 1. The second-order valence-electron chi connectivity index (χ2n) is 4.91. The summed E-state index contributed by atoms with van der Waals surface area (Å²) in [5.74, 6) is 0.911. The lowest BCUT2D eigenvalue weighted by Gasteiger charge is -2.37. The molecule has 1 saturated heterocycles. The number of aromatic nitrogens is 2. The van der Waals surface area contributed by atoms with E-state index in [4.69, 9.17) is 17.0 Å². The lowest BCUT2D eigenvalue weighted by atomic mass is 10.1. The van der Waals surface area contributed by atoms with Crippen molar-refractivity contribution in [2.24, 2.45) is 0 Å². The number of ether oxygens (including phenoxy) is 1. The Balaban J connectivity index is 2.36. The fourth-order valence-electron chi connectivity index (χ4n) is 2.23. The van der Waals surface area contributed by atoms with E-state index in [-0.39, 0.29) is 6.04 Å². The van der Waals surface area contributed by atoms with Gasteiger partial charge in [-0.15, -0.1) is 0 Å². The van der Waals surface area contributed by atoms with Crippen molar-refractivity contribution in [1.29, 1.82) is 0 Å². The number of likely N-dealkylation sites (N-methyl/N-ethyl adjacent to an activating group) is 2. The van der Waals surface area contributed by atoms with E-state index in [2.05, 4.69) is 49.8 Å².